The summed E-state index contributed by atoms with van der Waals surface area (Å²) in [6.07, 6.45) is 0. The van der Waals surface area contributed by atoms with Gasteiger partial charge in [0.05, 0.1) is 5.57 Å². The van der Waals surface area contributed by atoms with Crippen LogP contribution >= 0.6 is 11.6 Å². The maximum atomic E-state index is 13.2. The van der Waals surface area contributed by atoms with Gasteiger partial charge in [-0.05, 0) is 61.9 Å². The van der Waals surface area contributed by atoms with Crippen LogP contribution in [-0.4, -0.2) is 30.0 Å². The third kappa shape index (κ3) is 3.54. The summed E-state index contributed by atoms with van der Waals surface area (Å²) in [5, 5.41) is 11.7. The Morgan fingerprint density at radius 3 is 2.45 bits per heavy atom. The second-order valence-corrected chi connectivity index (χ2v) is 8.32. The number of hydrogen-bond acceptors (Lipinski definition) is 6. The molecule has 5 rings (SSSR count). The highest BCUT2D eigenvalue weighted by Gasteiger charge is 2.48. The minimum absolute atomic E-state index is 0.0808. The first-order valence-corrected chi connectivity index (χ1v) is 10.8. The Hall–Kier alpha value is -3.71. The molecule has 1 aromatic heterocycles. The van der Waals surface area contributed by atoms with Crippen LogP contribution in [0.3, 0.4) is 0 Å². The van der Waals surface area contributed by atoms with Crippen LogP contribution in [-0.2, 0) is 9.59 Å². The van der Waals surface area contributed by atoms with Crippen molar-refractivity contribution in [3.05, 3.63) is 81.8 Å². The SMILES string of the molecule is Cc1ccc(C2/C(=C(/O)c3ccc4c(c3)OCCO4)C(=O)C(=O)N2c2ccc(C)c(Cl)c2)o1. The van der Waals surface area contributed by atoms with E-state index in [1.807, 2.05) is 6.92 Å². The van der Waals surface area contributed by atoms with Gasteiger partial charge >= 0.3 is 0 Å². The number of benzene rings is 2. The number of ketones is 1. The molecule has 1 saturated heterocycles. The van der Waals surface area contributed by atoms with Crippen LogP contribution in [0.2, 0.25) is 5.02 Å². The average molecular weight is 466 g/mol. The molecule has 0 saturated carbocycles. The fraction of sp³-hybridized carbons (Fsp3) is 0.200. The second-order valence-electron chi connectivity index (χ2n) is 7.91. The van der Waals surface area contributed by atoms with Crippen LogP contribution in [0.4, 0.5) is 5.69 Å². The lowest BCUT2D eigenvalue weighted by Crippen LogP contribution is -2.29. The Bertz CT molecular complexity index is 1320. The Labute approximate surface area is 194 Å². The largest absolute Gasteiger partial charge is 0.507 e. The van der Waals surface area contributed by atoms with Crippen molar-refractivity contribution in [2.75, 3.05) is 18.1 Å². The first-order chi connectivity index (χ1) is 15.8. The third-order valence-electron chi connectivity index (χ3n) is 5.72. The van der Waals surface area contributed by atoms with E-state index in [9.17, 15) is 14.7 Å². The Balaban J connectivity index is 1.69. The van der Waals surface area contributed by atoms with Crippen LogP contribution in [0, 0.1) is 13.8 Å². The van der Waals surface area contributed by atoms with Crippen LogP contribution in [0.15, 0.2) is 58.5 Å². The number of amides is 1. The van der Waals surface area contributed by atoms with Crippen molar-refractivity contribution < 1.29 is 28.6 Å². The van der Waals surface area contributed by atoms with E-state index in [0.29, 0.717) is 52.5 Å². The molecule has 1 amide bonds. The van der Waals surface area contributed by atoms with Crippen LogP contribution in [0.1, 0.15) is 28.7 Å². The summed E-state index contributed by atoms with van der Waals surface area (Å²) >= 11 is 6.30. The number of aliphatic hydroxyl groups is 1. The Morgan fingerprint density at radius 1 is 1.00 bits per heavy atom. The van der Waals surface area contributed by atoms with E-state index in [1.165, 1.54) is 4.90 Å². The first-order valence-electron chi connectivity index (χ1n) is 10.4. The van der Waals surface area contributed by atoms with Crippen LogP contribution in [0.5, 0.6) is 11.5 Å². The third-order valence-corrected chi connectivity index (χ3v) is 6.13. The quantitative estimate of drug-likeness (QED) is 0.334. The van der Waals surface area contributed by atoms with Gasteiger partial charge in [-0.15, -0.1) is 0 Å². The fourth-order valence-electron chi connectivity index (χ4n) is 4.05. The lowest BCUT2D eigenvalue weighted by Gasteiger charge is -2.24. The predicted octanol–water partition coefficient (Wildman–Crippen LogP) is 4.95. The molecule has 33 heavy (non-hydrogen) atoms. The summed E-state index contributed by atoms with van der Waals surface area (Å²) in [6, 6.07) is 12.4. The molecule has 2 aromatic carbocycles. The van der Waals surface area contributed by atoms with Gasteiger partial charge in [0.2, 0.25) is 0 Å². The van der Waals surface area contributed by atoms with E-state index in [-0.39, 0.29) is 11.3 Å². The van der Waals surface area contributed by atoms with Gasteiger partial charge in [-0.1, -0.05) is 17.7 Å². The number of furan rings is 1. The van der Waals surface area contributed by atoms with Gasteiger partial charge in [-0.25, -0.2) is 0 Å². The van der Waals surface area contributed by atoms with E-state index in [0.717, 1.165) is 5.56 Å². The fourth-order valence-corrected chi connectivity index (χ4v) is 4.22. The van der Waals surface area contributed by atoms with Gasteiger partial charge in [0.25, 0.3) is 11.7 Å². The number of Topliss-reactive ketones (excluding diaryl/α,β-unsaturated/α-hetero) is 1. The minimum Gasteiger partial charge on any atom is -0.507 e. The maximum Gasteiger partial charge on any atom is 0.300 e. The molecule has 1 unspecified atom stereocenters. The lowest BCUT2D eigenvalue weighted by molar-refractivity contribution is -0.132. The molecular formula is C25H20ClNO6. The van der Waals surface area contributed by atoms with Gasteiger partial charge in [0.1, 0.15) is 36.5 Å². The van der Waals surface area contributed by atoms with Crippen molar-refractivity contribution in [1.82, 2.24) is 0 Å². The predicted molar refractivity (Wildman–Crippen MR) is 122 cm³/mol. The number of fused-ring (bicyclic) bond motifs is 1. The number of rotatable bonds is 3. The molecule has 0 spiro atoms. The number of ether oxygens (including phenoxy) is 2. The minimum atomic E-state index is -0.967. The van der Waals surface area contributed by atoms with Gasteiger partial charge in [-0.3, -0.25) is 14.5 Å². The Morgan fingerprint density at radius 2 is 1.76 bits per heavy atom. The lowest BCUT2D eigenvalue weighted by atomic mass is 9.99. The molecule has 3 aromatic rings. The maximum absolute atomic E-state index is 13.2. The molecule has 1 atom stereocenters. The summed E-state index contributed by atoms with van der Waals surface area (Å²) in [7, 11) is 0. The summed E-state index contributed by atoms with van der Waals surface area (Å²) in [6.45, 7) is 4.41. The zero-order valence-electron chi connectivity index (χ0n) is 17.9. The van der Waals surface area contributed by atoms with Crippen molar-refractivity contribution in [2.24, 2.45) is 0 Å². The molecule has 168 valence electrons. The molecule has 1 N–H and O–H groups in total. The Kier molecular flexibility index (Phi) is 5.13. The zero-order chi connectivity index (χ0) is 23.3. The number of halogens is 1. The number of carbonyl (C=O) groups excluding carboxylic acids is 2. The smallest absolute Gasteiger partial charge is 0.300 e. The molecule has 2 aliphatic rings. The summed E-state index contributed by atoms with van der Waals surface area (Å²) in [4.78, 5) is 27.7. The number of carbonyl (C=O) groups is 2. The number of nitrogens with zero attached hydrogens (tertiary/aromatic N) is 1. The van der Waals surface area contributed by atoms with E-state index < -0.39 is 17.7 Å². The number of aliphatic hydroxyl groups excluding tert-OH is 1. The monoisotopic (exact) mass is 465 g/mol. The number of anilines is 1. The van der Waals surface area contributed by atoms with Crippen LogP contribution in [0.25, 0.3) is 5.76 Å². The highest BCUT2D eigenvalue weighted by atomic mass is 35.5. The van der Waals surface area contributed by atoms with Crippen LogP contribution < -0.4 is 14.4 Å². The summed E-state index contributed by atoms with van der Waals surface area (Å²) in [5.74, 6) is 0.0247. The molecule has 1 fully saturated rings. The molecule has 3 heterocycles. The van der Waals surface area contributed by atoms with E-state index >= 15 is 0 Å². The normalized spacial score (nSPS) is 19.2. The average Bonchev–Trinajstić information content (AvgIpc) is 3.35. The van der Waals surface area contributed by atoms with E-state index in [4.69, 9.17) is 25.5 Å². The van der Waals surface area contributed by atoms with Crippen molar-refractivity contribution in [2.45, 2.75) is 19.9 Å². The molecular weight excluding hydrogens is 446 g/mol. The molecule has 7 nitrogen and oxygen atoms in total. The standard InChI is InChI=1S/C25H20ClNO6/c1-13-3-6-16(12-17(13)26)27-22(19-7-4-14(2)33-19)21(24(29)25(27)30)23(28)15-5-8-18-20(11-15)32-10-9-31-18/h3-8,11-12,22,28H,9-10H2,1-2H3/b23-21-. The molecule has 0 aliphatic carbocycles. The molecule has 0 radical (unpaired) electrons. The first kappa shape index (κ1) is 21.2. The number of hydrogen-bond donors (Lipinski definition) is 1. The van der Waals surface area contributed by atoms with Gasteiger partial charge < -0.3 is 19.0 Å². The molecule has 8 heteroatoms. The van der Waals surface area contributed by atoms with E-state index in [1.54, 1.807) is 55.5 Å². The van der Waals surface area contributed by atoms with Gasteiger partial charge in [0, 0.05) is 16.3 Å². The highest BCUT2D eigenvalue weighted by molar-refractivity contribution is 6.51. The summed E-state index contributed by atoms with van der Waals surface area (Å²) in [5.41, 5.74) is 1.50. The molecule has 0 bridgehead atoms. The van der Waals surface area contributed by atoms with Crippen molar-refractivity contribution in [3.8, 4) is 11.5 Å². The highest BCUT2D eigenvalue weighted by Crippen LogP contribution is 2.44. The number of aryl methyl sites for hydroxylation is 2. The van der Waals surface area contributed by atoms with E-state index in [2.05, 4.69) is 0 Å². The second kappa shape index (κ2) is 8.01. The van der Waals surface area contributed by atoms with Crippen molar-refractivity contribution >= 4 is 34.7 Å². The van der Waals surface area contributed by atoms with Gasteiger partial charge in [0.15, 0.2) is 11.5 Å². The van der Waals surface area contributed by atoms with Gasteiger partial charge in [-0.2, -0.15) is 0 Å². The van der Waals surface area contributed by atoms with Crippen molar-refractivity contribution in [3.63, 3.8) is 0 Å². The topological polar surface area (TPSA) is 89.2 Å². The van der Waals surface area contributed by atoms with Crippen molar-refractivity contribution in [1.29, 1.82) is 0 Å². The summed E-state index contributed by atoms with van der Waals surface area (Å²) < 4.78 is 16.9. The molecule has 2 aliphatic heterocycles. The zero-order valence-corrected chi connectivity index (χ0v) is 18.7.